The molecular weight excluding hydrogens is 278 g/mol. The molecule has 20 heavy (non-hydrogen) atoms. The third kappa shape index (κ3) is 2.79. The summed E-state index contributed by atoms with van der Waals surface area (Å²) in [5, 5.41) is 10.1. The summed E-state index contributed by atoms with van der Waals surface area (Å²) in [5.74, 6) is 0.182. The fraction of sp³-hybridized carbons (Fsp3) is 0.643. The third-order valence-corrected chi connectivity index (χ3v) is 4.07. The smallest absolute Gasteiger partial charge is 0.274 e. The Hall–Kier alpha value is -1.20. The normalized spacial score (nSPS) is 22.6. The lowest BCUT2D eigenvalue weighted by Crippen LogP contribution is -2.51. The lowest BCUT2D eigenvalue weighted by Gasteiger charge is -2.38. The summed E-state index contributed by atoms with van der Waals surface area (Å²) in [6.45, 7) is 4.79. The predicted molar refractivity (Wildman–Crippen MR) is 76.6 cm³/mol. The van der Waals surface area contributed by atoms with Crippen LogP contribution in [0.2, 0.25) is 5.02 Å². The van der Waals surface area contributed by atoms with Crippen LogP contribution >= 0.6 is 11.6 Å². The van der Waals surface area contributed by atoms with E-state index in [0.717, 1.165) is 19.3 Å². The zero-order valence-electron chi connectivity index (χ0n) is 11.8. The van der Waals surface area contributed by atoms with Gasteiger partial charge in [-0.05, 0) is 25.2 Å². The van der Waals surface area contributed by atoms with E-state index in [0.29, 0.717) is 12.5 Å². The zero-order valence-corrected chi connectivity index (χ0v) is 12.6. The molecule has 1 aromatic heterocycles. The van der Waals surface area contributed by atoms with Crippen LogP contribution < -0.4 is 0 Å². The van der Waals surface area contributed by atoms with E-state index in [9.17, 15) is 9.90 Å². The van der Waals surface area contributed by atoms with Crippen LogP contribution in [0.25, 0.3) is 0 Å². The van der Waals surface area contributed by atoms with Crippen molar-refractivity contribution in [1.82, 2.24) is 14.9 Å². The van der Waals surface area contributed by atoms with Crippen LogP contribution in [0, 0.1) is 5.92 Å². The second kappa shape index (κ2) is 6.06. The van der Waals surface area contributed by atoms with Gasteiger partial charge in [-0.15, -0.1) is 0 Å². The first-order valence-corrected chi connectivity index (χ1v) is 7.26. The van der Waals surface area contributed by atoms with Crippen LogP contribution in [-0.4, -0.2) is 44.6 Å². The second-order valence-corrected chi connectivity index (χ2v) is 6.17. The van der Waals surface area contributed by atoms with Crippen molar-refractivity contribution in [2.75, 3.05) is 13.2 Å². The van der Waals surface area contributed by atoms with Gasteiger partial charge in [0.1, 0.15) is 12.0 Å². The monoisotopic (exact) mass is 297 g/mol. The van der Waals surface area contributed by atoms with Crippen molar-refractivity contribution in [2.24, 2.45) is 5.92 Å². The van der Waals surface area contributed by atoms with E-state index in [-0.39, 0.29) is 23.2 Å². The lowest BCUT2D eigenvalue weighted by molar-refractivity contribution is 0.0327. The molecule has 1 aromatic rings. The Kier molecular flexibility index (Phi) is 4.60. The number of carbonyl (C=O) groups excluding carboxylic acids is 1. The van der Waals surface area contributed by atoms with E-state index in [2.05, 4.69) is 23.8 Å². The highest BCUT2D eigenvalue weighted by Crippen LogP contribution is 2.36. The van der Waals surface area contributed by atoms with Gasteiger partial charge >= 0.3 is 0 Å². The lowest BCUT2D eigenvalue weighted by atomic mass is 9.87. The van der Waals surface area contributed by atoms with Crippen molar-refractivity contribution in [3.8, 4) is 0 Å². The number of nitrogens with zero attached hydrogens (tertiary/aromatic N) is 3. The van der Waals surface area contributed by atoms with Gasteiger partial charge in [0, 0.05) is 12.7 Å². The Bertz CT molecular complexity index is 495. The predicted octanol–water partition coefficient (Wildman–Crippen LogP) is 2.14. The van der Waals surface area contributed by atoms with Gasteiger partial charge in [0.05, 0.1) is 17.2 Å². The first-order valence-electron chi connectivity index (χ1n) is 6.88. The molecule has 5 nitrogen and oxygen atoms in total. The summed E-state index contributed by atoms with van der Waals surface area (Å²) in [5.41, 5.74) is -0.273. The highest BCUT2D eigenvalue weighted by atomic mass is 35.5. The number of aromatic nitrogens is 2. The van der Waals surface area contributed by atoms with Crippen molar-refractivity contribution in [3.05, 3.63) is 23.2 Å². The molecule has 0 saturated carbocycles. The zero-order chi connectivity index (χ0) is 14.8. The highest BCUT2D eigenvalue weighted by Gasteiger charge is 2.44. The molecular formula is C14H20ClN3O2. The number of aliphatic hydroxyl groups is 1. The van der Waals surface area contributed by atoms with E-state index in [1.54, 1.807) is 4.90 Å². The number of amides is 1. The maximum absolute atomic E-state index is 12.7. The molecule has 6 heteroatoms. The summed E-state index contributed by atoms with van der Waals surface area (Å²) in [6, 6.07) is 0. The van der Waals surface area contributed by atoms with Crippen molar-refractivity contribution >= 4 is 17.5 Å². The first-order chi connectivity index (χ1) is 9.50. The molecule has 0 bridgehead atoms. The number of halogens is 1. The van der Waals surface area contributed by atoms with Crippen LogP contribution in [-0.2, 0) is 0 Å². The molecule has 2 rings (SSSR count). The average molecular weight is 298 g/mol. The highest BCUT2D eigenvalue weighted by molar-refractivity contribution is 6.33. The number of hydrogen-bond acceptors (Lipinski definition) is 4. The maximum atomic E-state index is 12.7. The Morgan fingerprint density at radius 3 is 2.95 bits per heavy atom. The van der Waals surface area contributed by atoms with Crippen LogP contribution in [0.15, 0.2) is 12.5 Å². The Balaban J connectivity index is 2.30. The van der Waals surface area contributed by atoms with E-state index in [1.165, 1.54) is 12.5 Å². The van der Waals surface area contributed by atoms with E-state index >= 15 is 0 Å². The van der Waals surface area contributed by atoms with Crippen LogP contribution in [0.3, 0.4) is 0 Å². The Morgan fingerprint density at radius 2 is 2.35 bits per heavy atom. The SMILES string of the molecule is CC(C)CC1(CO)CCCN1C(=O)c1ncncc1Cl. The molecule has 1 saturated heterocycles. The molecule has 2 heterocycles. The standard InChI is InChI=1S/C14H20ClN3O2/c1-10(2)6-14(8-19)4-3-5-18(14)13(20)12-11(15)7-16-9-17-12/h7,9-10,19H,3-6,8H2,1-2H3. The van der Waals surface area contributed by atoms with E-state index in [4.69, 9.17) is 11.6 Å². The van der Waals surface area contributed by atoms with Crippen molar-refractivity contribution in [1.29, 1.82) is 0 Å². The van der Waals surface area contributed by atoms with Gasteiger partial charge in [-0.3, -0.25) is 4.79 Å². The van der Waals surface area contributed by atoms with E-state index in [1.807, 2.05) is 0 Å². The minimum absolute atomic E-state index is 0.0282. The largest absolute Gasteiger partial charge is 0.394 e. The molecule has 1 aliphatic rings. The molecule has 1 unspecified atom stereocenters. The average Bonchev–Trinajstić information content (AvgIpc) is 2.82. The van der Waals surface area contributed by atoms with E-state index < -0.39 is 5.54 Å². The third-order valence-electron chi connectivity index (χ3n) is 3.79. The summed E-state index contributed by atoms with van der Waals surface area (Å²) in [6.07, 6.45) is 5.22. The number of likely N-dealkylation sites (tertiary alicyclic amines) is 1. The van der Waals surface area contributed by atoms with Gasteiger partial charge in [0.2, 0.25) is 0 Å². The van der Waals surface area contributed by atoms with Crippen molar-refractivity contribution < 1.29 is 9.90 Å². The summed E-state index contributed by atoms with van der Waals surface area (Å²) < 4.78 is 0. The summed E-state index contributed by atoms with van der Waals surface area (Å²) >= 11 is 6.00. The summed E-state index contributed by atoms with van der Waals surface area (Å²) in [7, 11) is 0. The Morgan fingerprint density at radius 1 is 1.60 bits per heavy atom. The minimum Gasteiger partial charge on any atom is -0.394 e. The summed E-state index contributed by atoms with van der Waals surface area (Å²) in [4.78, 5) is 22.2. The number of hydrogen-bond donors (Lipinski definition) is 1. The molecule has 1 atom stereocenters. The Labute approximate surface area is 124 Å². The molecule has 1 amide bonds. The maximum Gasteiger partial charge on any atom is 0.274 e. The second-order valence-electron chi connectivity index (χ2n) is 5.76. The molecule has 1 fully saturated rings. The first kappa shape index (κ1) is 15.2. The van der Waals surface area contributed by atoms with Crippen LogP contribution in [0.5, 0.6) is 0 Å². The van der Waals surface area contributed by atoms with Gasteiger partial charge < -0.3 is 10.0 Å². The quantitative estimate of drug-likeness (QED) is 0.924. The molecule has 110 valence electrons. The molecule has 0 aliphatic carbocycles. The van der Waals surface area contributed by atoms with Crippen LogP contribution in [0.1, 0.15) is 43.6 Å². The molecule has 1 aliphatic heterocycles. The van der Waals surface area contributed by atoms with Crippen LogP contribution in [0.4, 0.5) is 0 Å². The number of rotatable bonds is 4. The molecule has 0 aromatic carbocycles. The van der Waals surface area contributed by atoms with Gasteiger partial charge in [0.25, 0.3) is 5.91 Å². The van der Waals surface area contributed by atoms with Crippen molar-refractivity contribution in [2.45, 2.75) is 38.6 Å². The molecule has 0 radical (unpaired) electrons. The fourth-order valence-electron chi connectivity index (χ4n) is 3.05. The molecule has 0 spiro atoms. The van der Waals surface area contributed by atoms with Gasteiger partial charge in [-0.1, -0.05) is 25.4 Å². The number of carbonyl (C=O) groups is 1. The minimum atomic E-state index is -0.487. The fourth-order valence-corrected chi connectivity index (χ4v) is 3.24. The topological polar surface area (TPSA) is 66.3 Å². The van der Waals surface area contributed by atoms with Gasteiger partial charge in [0.15, 0.2) is 0 Å². The van der Waals surface area contributed by atoms with Crippen molar-refractivity contribution in [3.63, 3.8) is 0 Å². The number of aliphatic hydroxyl groups excluding tert-OH is 1. The molecule has 1 N–H and O–H groups in total. The van der Waals surface area contributed by atoms with Gasteiger partial charge in [-0.2, -0.15) is 0 Å². The van der Waals surface area contributed by atoms with Gasteiger partial charge in [-0.25, -0.2) is 9.97 Å².